The molecule has 0 unspecified atom stereocenters. The summed E-state index contributed by atoms with van der Waals surface area (Å²) in [6.45, 7) is 1.87. The van der Waals surface area contributed by atoms with Crippen LogP contribution in [0.4, 0.5) is 14.5 Å². The Bertz CT molecular complexity index is 1320. The summed E-state index contributed by atoms with van der Waals surface area (Å²) in [5.41, 5.74) is 4.02. The van der Waals surface area contributed by atoms with Crippen LogP contribution in [0.25, 0.3) is 27.8 Å². The maximum Gasteiger partial charge on any atom is 0.354 e. The second kappa shape index (κ2) is 7.40. The molecule has 1 aliphatic rings. The van der Waals surface area contributed by atoms with Gasteiger partial charge in [0.2, 0.25) is 0 Å². The van der Waals surface area contributed by atoms with E-state index in [9.17, 15) is 18.7 Å². The second-order valence-electron chi connectivity index (χ2n) is 7.97. The number of carboxylic acid groups (broad SMARTS) is 1. The van der Waals surface area contributed by atoms with E-state index in [1.807, 2.05) is 49.4 Å². The number of carboxylic acids is 1. The molecule has 0 amide bonds. The third kappa shape index (κ3) is 3.47. The largest absolute Gasteiger partial charge is 0.477 e. The third-order valence-corrected chi connectivity index (χ3v) is 5.75. The van der Waals surface area contributed by atoms with Crippen molar-refractivity contribution < 1.29 is 18.7 Å². The zero-order valence-electron chi connectivity index (χ0n) is 17.3. The molecule has 3 heterocycles. The van der Waals surface area contributed by atoms with Crippen molar-refractivity contribution in [2.75, 3.05) is 18.0 Å². The summed E-state index contributed by atoms with van der Waals surface area (Å²) >= 11 is 0. The van der Waals surface area contributed by atoms with Crippen LogP contribution in [0.15, 0.2) is 60.7 Å². The monoisotopic (exact) mass is 434 g/mol. The molecule has 0 bridgehead atoms. The number of hydrogen-bond acceptors (Lipinski definition) is 4. The molecule has 8 heteroatoms. The molecule has 162 valence electrons. The number of alkyl halides is 2. The fourth-order valence-corrected chi connectivity index (χ4v) is 4.18. The normalized spacial score (nSPS) is 15.4. The van der Waals surface area contributed by atoms with Crippen LogP contribution in [0.2, 0.25) is 0 Å². The number of aromatic carboxylic acids is 1. The van der Waals surface area contributed by atoms with E-state index in [2.05, 4.69) is 10.1 Å². The van der Waals surface area contributed by atoms with E-state index in [-0.39, 0.29) is 18.7 Å². The lowest BCUT2D eigenvalue weighted by molar-refractivity contribution is 0.0257. The number of para-hydroxylation sites is 1. The van der Waals surface area contributed by atoms with Crippen LogP contribution in [0.5, 0.6) is 0 Å². The molecule has 1 saturated heterocycles. The van der Waals surface area contributed by atoms with E-state index >= 15 is 0 Å². The first kappa shape index (κ1) is 20.1. The van der Waals surface area contributed by atoms with Gasteiger partial charge in [0.15, 0.2) is 11.3 Å². The SMILES string of the molecule is Cc1nn(-c2ccccc2)c2nc(C(=O)O)cc(-c3ccc(N4CCC(F)(F)C4)cc3)c12. The zero-order chi connectivity index (χ0) is 22.5. The van der Waals surface area contributed by atoms with Gasteiger partial charge in [-0.25, -0.2) is 23.2 Å². The summed E-state index contributed by atoms with van der Waals surface area (Å²) in [6.07, 6.45) is -0.153. The molecule has 1 fully saturated rings. The van der Waals surface area contributed by atoms with Gasteiger partial charge in [-0.05, 0) is 48.4 Å². The number of benzene rings is 2. The lowest BCUT2D eigenvalue weighted by Crippen LogP contribution is -2.24. The van der Waals surface area contributed by atoms with Crippen LogP contribution in [0, 0.1) is 6.92 Å². The molecule has 6 nitrogen and oxygen atoms in total. The van der Waals surface area contributed by atoms with Gasteiger partial charge < -0.3 is 10.0 Å². The summed E-state index contributed by atoms with van der Waals surface area (Å²) in [7, 11) is 0. The molecule has 0 spiro atoms. The highest BCUT2D eigenvalue weighted by atomic mass is 19.3. The van der Waals surface area contributed by atoms with Crippen molar-refractivity contribution in [1.82, 2.24) is 14.8 Å². The average molecular weight is 434 g/mol. The lowest BCUT2D eigenvalue weighted by Gasteiger charge is -2.18. The number of fused-ring (bicyclic) bond motifs is 1. The molecule has 0 saturated carbocycles. The molecule has 2 aromatic carbocycles. The Kier molecular flexibility index (Phi) is 4.65. The van der Waals surface area contributed by atoms with Gasteiger partial charge >= 0.3 is 5.97 Å². The number of aryl methyl sites for hydroxylation is 1. The number of anilines is 1. The molecular formula is C24H20F2N4O2. The molecule has 1 aliphatic heterocycles. The number of nitrogens with zero attached hydrogens (tertiary/aromatic N) is 4. The molecule has 4 aromatic rings. The first-order chi connectivity index (χ1) is 15.3. The van der Waals surface area contributed by atoms with Crippen molar-refractivity contribution in [1.29, 1.82) is 0 Å². The van der Waals surface area contributed by atoms with Gasteiger partial charge in [-0.15, -0.1) is 0 Å². The van der Waals surface area contributed by atoms with E-state index in [0.717, 1.165) is 16.6 Å². The summed E-state index contributed by atoms with van der Waals surface area (Å²) in [5, 5.41) is 15.0. The van der Waals surface area contributed by atoms with Crippen LogP contribution < -0.4 is 4.90 Å². The summed E-state index contributed by atoms with van der Waals surface area (Å²) < 4.78 is 28.8. The van der Waals surface area contributed by atoms with Crippen molar-refractivity contribution in [3.63, 3.8) is 0 Å². The number of carbonyl (C=O) groups is 1. The van der Waals surface area contributed by atoms with Gasteiger partial charge in [-0.2, -0.15) is 5.10 Å². The minimum absolute atomic E-state index is 0.0900. The highest BCUT2D eigenvalue weighted by Crippen LogP contribution is 2.35. The Labute approximate surface area is 182 Å². The van der Waals surface area contributed by atoms with Crippen molar-refractivity contribution in [2.24, 2.45) is 0 Å². The Morgan fingerprint density at radius 2 is 1.78 bits per heavy atom. The highest BCUT2D eigenvalue weighted by molar-refractivity contribution is 6.00. The van der Waals surface area contributed by atoms with Gasteiger partial charge in [0.25, 0.3) is 5.92 Å². The van der Waals surface area contributed by atoms with Gasteiger partial charge in [0, 0.05) is 18.7 Å². The van der Waals surface area contributed by atoms with Gasteiger partial charge in [-0.3, -0.25) is 0 Å². The van der Waals surface area contributed by atoms with Crippen LogP contribution in [0.3, 0.4) is 0 Å². The van der Waals surface area contributed by atoms with Crippen LogP contribution >= 0.6 is 0 Å². The Morgan fingerprint density at radius 1 is 1.06 bits per heavy atom. The molecule has 0 atom stereocenters. The smallest absolute Gasteiger partial charge is 0.354 e. The average Bonchev–Trinajstić information content (AvgIpc) is 3.33. The molecule has 0 aliphatic carbocycles. The van der Waals surface area contributed by atoms with Crippen molar-refractivity contribution >= 4 is 22.7 Å². The molecule has 2 aromatic heterocycles. The van der Waals surface area contributed by atoms with Gasteiger partial charge in [-0.1, -0.05) is 30.3 Å². The van der Waals surface area contributed by atoms with E-state index in [1.165, 1.54) is 6.07 Å². The second-order valence-corrected chi connectivity index (χ2v) is 7.97. The number of pyridine rings is 1. The topological polar surface area (TPSA) is 71.2 Å². The van der Waals surface area contributed by atoms with E-state index in [4.69, 9.17) is 0 Å². The van der Waals surface area contributed by atoms with Crippen molar-refractivity contribution in [3.05, 3.63) is 72.1 Å². The minimum Gasteiger partial charge on any atom is -0.477 e. The van der Waals surface area contributed by atoms with E-state index in [1.54, 1.807) is 21.7 Å². The lowest BCUT2D eigenvalue weighted by atomic mass is 10.0. The van der Waals surface area contributed by atoms with Crippen LogP contribution in [-0.2, 0) is 0 Å². The van der Waals surface area contributed by atoms with E-state index in [0.29, 0.717) is 29.1 Å². The Hall–Kier alpha value is -3.81. The first-order valence-electron chi connectivity index (χ1n) is 10.2. The third-order valence-electron chi connectivity index (χ3n) is 5.75. The predicted molar refractivity (Wildman–Crippen MR) is 118 cm³/mol. The van der Waals surface area contributed by atoms with Crippen molar-refractivity contribution in [3.8, 4) is 16.8 Å². The molecule has 1 N–H and O–H groups in total. The molecule has 32 heavy (non-hydrogen) atoms. The Morgan fingerprint density at radius 3 is 2.41 bits per heavy atom. The standard InChI is InChI=1S/C24H20F2N4O2/c1-15-21-19(16-7-9-17(10-8-16)29-12-11-24(25,26)14-29)13-20(23(31)32)27-22(21)30(28-15)18-5-3-2-4-6-18/h2-10,13H,11-12,14H2,1H3,(H,31,32). The zero-order valence-corrected chi connectivity index (χ0v) is 17.3. The van der Waals surface area contributed by atoms with Crippen LogP contribution in [-0.4, -0.2) is 44.9 Å². The molecule has 0 radical (unpaired) electrons. The maximum absolute atomic E-state index is 13.6. The van der Waals surface area contributed by atoms with Gasteiger partial charge in [0.05, 0.1) is 23.3 Å². The number of aromatic nitrogens is 3. The van der Waals surface area contributed by atoms with E-state index < -0.39 is 11.9 Å². The molecule has 5 rings (SSSR count). The maximum atomic E-state index is 13.6. The Balaban J connectivity index is 1.64. The number of hydrogen-bond donors (Lipinski definition) is 1. The predicted octanol–water partition coefficient (Wildman–Crippen LogP) is 4.94. The molecular weight excluding hydrogens is 414 g/mol. The number of rotatable bonds is 4. The van der Waals surface area contributed by atoms with Crippen LogP contribution in [0.1, 0.15) is 22.6 Å². The van der Waals surface area contributed by atoms with Gasteiger partial charge in [0.1, 0.15) is 0 Å². The fraction of sp³-hybridized carbons (Fsp3) is 0.208. The summed E-state index contributed by atoms with van der Waals surface area (Å²) in [5.74, 6) is -3.81. The quantitative estimate of drug-likeness (QED) is 0.493. The number of halogens is 2. The summed E-state index contributed by atoms with van der Waals surface area (Å²) in [6, 6.07) is 18.2. The minimum atomic E-state index is -2.67. The first-order valence-corrected chi connectivity index (χ1v) is 10.2. The van der Waals surface area contributed by atoms with Crippen molar-refractivity contribution in [2.45, 2.75) is 19.3 Å². The highest BCUT2D eigenvalue weighted by Gasteiger charge is 2.38. The fourth-order valence-electron chi connectivity index (χ4n) is 4.18. The summed E-state index contributed by atoms with van der Waals surface area (Å²) in [4.78, 5) is 17.8.